The van der Waals surface area contributed by atoms with Crippen molar-refractivity contribution in [3.8, 4) is 0 Å². The quantitative estimate of drug-likeness (QED) is 0.611. The molecule has 6 heteroatoms. The third-order valence-electron chi connectivity index (χ3n) is 2.54. The summed E-state index contributed by atoms with van der Waals surface area (Å²) in [6.45, 7) is 10.2. The first kappa shape index (κ1) is 17.8. The highest BCUT2D eigenvalue weighted by molar-refractivity contribution is 7.89. The number of hydrogen-bond acceptors (Lipinski definition) is 4. The minimum absolute atomic E-state index is 0.0302. The van der Waals surface area contributed by atoms with E-state index in [2.05, 4.69) is 13.8 Å². The first-order valence-corrected chi connectivity index (χ1v) is 8.10. The van der Waals surface area contributed by atoms with Gasteiger partial charge in [-0.3, -0.25) is 0 Å². The standard InChI is InChI=1S/C12H27NO4S/c1-10(2)7-16-5-6-17-8-12(11(3)4)9-18(13,14)15/h10-12H,5-9H2,1-4H3,(H2,13,14,15). The molecule has 0 bridgehead atoms. The number of ether oxygens (including phenoxy) is 2. The molecule has 0 aromatic carbocycles. The van der Waals surface area contributed by atoms with Gasteiger partial charge in [-0.15, -0.1) is 0 Å². The van der Waals surface area contributed by atoms with Crippen molar-refractivity contribution in [3.05, 3.63) is 0 Å². The molecule has 0 aliphatic carbocycles. The van der Waals surface area contributed by atoms with Crippen LogP contribution in [0.25, 0.3) is 0 Å². The van der Waals surface area contributed by atoms with Gasteiger partial charge >= 0.3 is 0 Å². The predicted octanol–water partition coefficient (Wildman–Crippen LogP) is 1.24. The van der Waals surface area contributed by atoms with Crippen LogP contribution in [0, 0.1) is 17.8 Å². The van der Waals surface area contributed by atoms with Crippen molar-refractivity contribution in [3.63, 3.8) is 0 Å². The Morgan fingerprint density at radius 1 is 1.00 bits per heavy atom. The van der Waals surface area contributed by atoms with Gasteiger partial charge in [0.25, 0.3) is 0 Å². The monoisotopic (exact) mass is 281 g/mol. The minimum Gasteiger partial charge on any atom is -0.379 e. The van der Waals surface area contributed by atoms with Crippen LogP contribution in [0.5, 0.6) is 0 Å². The predicted molar refractivity (Wildman–Crippen MR) is 72.8 cm³/mol. The largest absolute Gasteiger partial charge is 0.379 e. The lowest BCUT2D eigenvalue weighted by atomic mass is 9.99. The fourth-order valence-electron chi connectivity index (χ4n) is 1.40. The van der Waals surface area contributed by atoms with Crippen LogP contribution >= 0.6 is 0 Å². The molecule has 0 aliphatic heterocycles. The fraction of sp³-hybridized carbons (Fsp3) is 1.00. The van der Waals surface area contributed by atoms with Gasteiger partial charge in [0.15, 0.2) is 0 Å². The summed E-state index contributed by atoms with van der Waals surface area (Å²) in [4.78, 5) is 0. The summed E-state index contributed by atoms with van der Waals surface area (Å²) in [5.41, 5.74) is 0. The number of sulfonamides is 1. The van der Waals surface area contributed by atoms with Crippen molar-refractivity contribution in [2.45, 2.75) is 27.7 Å². The van der Waals surface area contributed by atoms with Crippen molar-refractivity contribution in [2.75, 3.05) is 32.2 Å². The van der Waals surface area contributed by atoms with Crippen LogP contribution in [-0.2, 0) is 19.5 Å². The second kappa shape index (κ2) is 8.85. The lowest BCUT2D eigenvalue weighted by molar-refractivity contribution is 0.0225. The zero-order chi connectivity index (χ0) is 14.2. The minimum atomic E-state index is -3.44. The van der Waals surface area contributed by atoms with Gasteiger partial charge in [0, 0.05) is 6.61 Å². The topological polar surface area (TPSA) is 78.6 Å². The molecule has 0 radical (unpaired) electrons. The van der Waals surface area contributed by atoms with Gasteiger partial charge in [0.2, 0.25) is 10.0 Å². The first-order valence-electron chi connectivity index (χ1n) is 6.38. The molecule has 0 saturated carbocycles. The number of nitrogens with two attached hydrogens (primary N) is 1. The summed E-state index contributed by atoms with van der Waals surface area (Å²) in [6, 6.07) is 0. The Morgan fingerprint density at radius 2 is 1.50 bits per heavy atom. The molecular formula is C12H27NO4S. The number of rotatable bonds is 10. The van der Waals surface area contributed by atoms with Gasteiger partial charge in [-0.05, 0) is 17.8 Å². The van der Waals surface area contributed by atoms with E-state index < -0.39 is 10.0 Å². The summed E-state index contributed by atoms with van der Waals surface area (Å²) < 4.78 is 32.9. The number of hydrogen-bond donors (Lipinski definition) is 1. The number of primary sulfonamides is 1. The molecule has 110 valence electrons. The maximum absolute atomic E-state index is 11.1. The molecule has 0 fully saturated rings. The third kappa shape index (κ3) is 11.0. The summed E-state index contributed by atoms with van der Waals surface area (Å²) in [7, 11) is -3.44. The van der Waals surface area contributed by atoms with Gasteiger partial charge < -0.3 is 9.47 Å². The molecule has 5 nitrogen and oxygen atoms in total. The van der Waals surface area contributed by atoms with Crippen molar-refractivity contribution in [1.29, 1.82) is 0 Å². The van der Waals surface area contributed by atoms with Gasteiger partial charge in [-0.1, -0.05) is 27.7 Å². The third-order valence-corrected chi connectivity index (χ3v) is 3.44. The maximum atomic E-state index is 11.1. The molecule has 1 atom stereocenters. The molecule has 0 aliphatic rings. The van der Waals surface area contributed by atoms with E-state index in [4.69, 9.17) is 14.6 Å². The van der Waals surface area contributed by atoms with Crippen LogP contribution in [0.1, 0.15) is 27.7 Å². The Hall–Kier alpha value is -0.170. The zero-order valence-electron chi connectivity index (χ0n) is 11.9. The highest BCUT2D eigenvalue weighted by Gasteiger charge is 2.19. The van der Waals surface area contributed by atoms with Crippen LogP contribution in [0.4, 0.5) is 0 Å². The highest BCUT2D eigenvalue weighted by atomic mass is 32.2. The summed E-state index contributed by atoms with van der Waals surface area (Å²) in [6.07, 6.45) is 0. The second-order valence-electron chi connectivity index (χ2n) is 5.38. The molecule has 0 saturated heterocycles. The molecule has 0 rings (SSSR count). The molecule has 0 amide bonds. The lowest BCUT2D eigenvalue weighted by Crippen LogP contribution is -2.29. The maximum Gasteiger partial charge on any atom is 0.209 e. The average Bonchev–Trinajstić information content (AvgIpc) is 2.18. The van der Waals surface area contributed by atoms with E-state index in [9.17, 15) is 8.42 Å². The second-order valence-corrected chi connectivity index (χ2v) is 7.04. The molecule has 1 unspecified atom stereocenters. The Balaban J connectivity index is 3.79. The van der Waals surface area contributed by atoms with E-state index in [1.54, 1.807) is 0 Å². The highest BCUT2D eigenvalue weighted by Crippen LogP contribution is 2.12. The lowest BCUT2D eigenvalue weighted by Gasteiger charge is -2.19. The Morgan fingerprint density at radius 3 is 1.89 bits per heavy atom. The summed E-state index contributed by atoms with van der Waals surface area (Å²) in [5.74, 6) is 0.637. The Labute approximate surface area is 111 Å². The summed E-state index contributed by atoms with van der Waals surface area (Å²) >= 11 is 0. The van der Waals surface area contributed by atoms with E-state index in [-0.39, 0.29) is 17.6 Å². The van der Waals surface area contributed by atoms with Crippen LogP contribution in [0.15, 0.2) is 0 Å². The molecule has 0 aromatic heterocycles. The average molecular weight is 281 g/mol. The van der Waals surface area contributed by atoms with Crippen LogP contribution in [0.2, 0.25) is 0 Å². The van der Waals surface area contributed by atoms with Crippen molar-refractivity contribution < 1.29 is 17.9 Å². The Bertz CT molecular complexity index is 301. The normalized spacial score (nSPS) is 14.4. The van der Waals surface area contributed by atoms with Crippen LogP contribution in [0.3, 0.4) is 0 Å². The molecule has 0 aromatic rings. The zero-order valence-corrected chi connectivity index (χ0v) is 12.7. The van der Waals surface area contributed by atoms with Gasteiger partial charge in [0.1, 0.15) is 0 Å². The van der Waals surface area contributed by atoms with Crippen LogP contribution < -0.4 is 5.14 Å². The SMILES string of the molecule is CC(C)COCCOCC(CS(N)(=O)=O)C(C)C. The van der Waals surface area contributed by atoms with E-state index in [0.717, 1.165) is 0 Å². The van der Waals surface area contributed by atoms with Crippen molar-refractivity contribution in [2.24, 2.45) is 22.9 Å². The Kier molecular flexibility index (Phi) is 8.77. The van der Waals surface area contributed by atoms with Gasteiger partial charge in [-0.25, -0.2) is 13.6 Å². The van der Waals surface area contributed by atoms with E-state index in [1.165, 1.54) is 0 Å². The molecule has 2 N–H and O–H groups in total. The molecular weight excluding hydrogens is 254 g/mol. The van der Waals surface area contributed by atoms with Crippen molar-refractivity contribution in [1.82, 2.24) is 0 Å². The van der Waals surface area contributed by atoms with Crippen LogP contribution in [-0.4, -0.2) is 40.6 Å². The first-order chi connectivity index (χ1) is 8.22. The summed E-state index contributed by atoms with van der Waals surface area (Å²) in [5, 5.41) is 5.05. The molecule has 0 spiro atoms. The van der Waals surface area contributed by atoms with E-state index in [0.29, 0.717) is 32.3 Å². The smallest absolute Gasteiger partial charge is 0.209 e. The molecule has 18 heavy (non-hydrogen) atoms. The van der Waals surface area contributed by atoms with Gasteiger partial charge in [-0.2, -0.15) is 0 Å². The van der Waals surface area contributed by atoms with E-state index in [1.807, 2.05) is 13.8 Å². The van der Waals surface area contributed by atoms with E-state index >= 15 is 0 Å². The van der Waals surface area contributed by atoms with Crippen molar-refractivity contribution >= 4 is 10.0 Å². The fourth-order valence-corrected chi connectivity index (χ4v) is 2.48. The molecule has 0 heterocycles. The van der Waals surface area contributed by atoms with Gasteiger partial charge in [0.05, 0.1) is 25.6 Å².